The highest BCUT2D eigenvalue weighted by Crippen LogP contribution is 2.35. The van der Waals surface area contributed by atoms with E-state index < -0.39 is 0 Å². The molecule has 3 N–H and O–H groups in total. The zero-order chi connectivity index (χ0) is 14.5. The Balaban J connectivity index is 2.11. The minimum atomic E-state index is -0.0612. The van der Waals surface area contributed by atoms with Crippen molar-refractivity contribution in [1.29, 1.82) is 5.26 Å². The van der Waals surface area contributed by atoms with Gasteiger partial charge in [0, 0.05) is 19.4 Å². The molecular weight excluding hydrogens is 278 g/mol. The Morgan fingerprint density at radius 1 is 1.65 bits per heavy atom. The van der Waals surface area contributed by atoms with Crippen LogP contribution in [-0.2, 0) is 6.42 Å². The third-order valence-electron chi connectivity index (χ3n) is 2.66. The van der Waals surface area contributed by atoms with Crippen LogP contribution in [0.5, 0.6) is 0 Å². The van der Waals surface area contributed by atoms with Crippen LogP contribution in [0.2, 0.25) is 0 Å². The van der Waals surface area contributed by atoms with Crippen molar-refractivity contribution in [2.45, 2.75) is 19.8 Å². The van der Waals surface area contributed by atoms with E-state index in [4.69, 9.17) is 15.5 Å². The number of hydrogen-bond acceptors (Lipinski definition) is 8. The molecule has 0 spiro atoms. The first-order valence-electron chi connectivity index (χ1n) is 6.02. The van der Waals surface area contributed by atoms with Gasteiger partial charge in [0.25, 0.3) is 0 Å². The van der Waals surface area contributed by atoms with Gasteiger partial charge in [0.1, 0.15) is 16.6 Å². The second-order valence-electron chi connectivity index (χ2n) is 3.95. The molecule has 0 aromatic carbocycles. The van der Waals surface area contributed by atoms with Gasteiger partial charge in [-0.05, 0) is 0 Å². The van der Waals surface area contributed by atoms with Crippen molar-refractivity contribution in [3.63, 3.8) is 0 Å². The minimum absolute atomic E-state index is 0.0612. The fourth-order valence-electron chi connectivity index (χ4n) is 1.64. The van der Waals surface area contributed by atoms with Crippen molar-refractivity contribution in [2.24, 2.45) is 0 Å². The highest BCUT2D eigenvalue weighted by molar-refractivity contribution is 7.19. The number of nitriles is 1. The minimum Gasteiger partial charge on any atom is -0.396 e. The summed E-state index contributed by atoms with van der Waals surface area (Å²) in [6.07, 6.45) is 2.22. The number of nitrogens with zero attached hydrogens (tertiary/aromatic N) is 3. The first kappa shape index (κ1) is 14.0. The predicted molar refractivity (Wildman–Crippen MR) is 74.6 cm³/mol. The van der Waals surface area contributed by atoms with Crippen LogP contribution in [-0.4, -0.2) is 22.5 Å². The fourth-order valence-corrected chi connectivity index (χ4v) is 2.74. The van der Waals surface area contributed by atoms with Crippen molar-refractivity contribution in [2.75, 3.05) is 17.6 Å². The third-order valence-corrected chi connectivity index (χ3v) is 3.87. The Hall–Kier alpha value is -2.40. The molecule has 0 aliphatic carbocycles. The zero-order valence-electron chi connectivity index (χ0n) is 10.8. The van der Waals surface area contributed by atoms with E-state index >= 15 is 0 Å². The summed E-state index contributed by atoms with van der Waals surface area (Å²) in [6, 6.07) is 2.03. The summed E-state index contributed by atoms with van der Waals surface area (Å²) in [5, 5.41) is 16.3. The lowest BCUT2D eigenvalue weighted by molar-refractivity contribution is 0.0993. The number of hydrogen-bond donors (Lipinski definition) is 2. The number of nitrogens with one attached hydrogen (secondary N) is 1. The summed E-state index contributed by atoms with van der Waals surface area (Å²) >= 11 is 1.21. The Kier molecular flexibility index (Phi) is 4.32. The first-order valence-corrected chi connectivity index (χ1v) is 6.84. The van der Waals surface area contributed by atoms with Gasteiger partial charge in [0.15, 0.2) is 12.1 Å². The molecule has 0 saturated heterocycles. The van der Waals surface area contributed by atoms with E-state index in [0.717, 1.165) is 0 Å². The van der Waals surface area contributed by atoms with E-state index in [1.807, 2.05) is 6.07 Å². The standard InChI is InChI=1S/C12H13N5O2S/c1-2-8(18)11-10(14)7(5-13)12(20-11)15-4-3-9-16-6-17-19-9/h6,15H,2-4,14H2,1H3. The lowest BCUT2D eigenvalue weighted by Gasteiger charge is -2.01. The number of thiophene rings is 1. The highest BCUT2D eigenvalue weighted by atomic mass is 32.1. The summed E-state index contributed by atoms with van der Waals surface area (Å²) in [5.74, 6) is 0.444. The van der Waals surface area contributed by atoms with Crippen LogP contribution >= 0.6 is 11.3 Å². The number of aromatic nitrogens is 2. The van der Waals surface area contributed by atoms with Crippen LogP contribution in [0, 0.1) is 11.3 Å². The van der Waals surface area contributed by atoms with Gasteiger partial charge in [0.05, 0.1) is 10.6 Å². The maximum atomic E-state index is 11.7. The third kappa shape index (κ3) is 2.78. The Morgan fingerprint density at radius 3 is 3.05 bits per heavy atom. The number of carbonyl (C=O) groups is 1. The summed E-state index contributed by atoms with van der Waals surface area (Å²) in [5.41, 5.74) is 6.41. The largest absolute Gasteiger partial charge is 0.396 e. The quantitative estimate of drug-likeness (QED) is 0.779. The van der Waals surface area contributed by atoms with Crippen molar-refractivity contribution < 1.29 is 9.32 Å². The van der Waals surface area contributed by atoms with Gasteiger partial charge in [0.2, 0.25) is 5.89 Å². The molecular formula is C12H13N5O2S. The number of nitrogen functional groups attached to an aromatic ring is 1. The van der Waals surface area contributed by atoms with Gasteiger partial charge >= 0.3 is 0 Å². The molecule has 0 aliphatic rings. The lowest BCUT2D eigenvalue weighted by atomic mass is 10.2. The number of nitrogens with two attached hydrogens (primary N) is 1. The number of ketones is 1. The lowest BCUT2D eigenvalue weighted by Crippen LogP contribution is -2.05. The van der Waals surface area contributed by atoms with E-state index in [1.54, 1.807) is 6.92 Å². The van der Waals surface area contributed by atoms with E-state index in [9.17, 15) is 4.79 Å². The molecule has 2 heterocycles. The second-order valence-corrected chi connectivity index (χ2v) is 4.97. The molecule has 2 aromatic rings. The summed E-state index contributed by atoms with van der Waals surface area (Å²) < 4.78 is 4.87. The highest BCUT2D eigenvalue weighted by Gasteiger charge is 2.19. The Morgan fingerprint density at radius 2 is 2.45 bits per heavy atom. The molecule has 0 saturated carbocycles. The smallest absolute Gasteiger partial charge is 0.228 e. The number of rotatable bonds is 6. The van der Waals surface area contributed by atoms with Crippen molar-refractivity contribution >= 4 is 27.8 Å². The average molecular weight is 291 g/mol. The number of Topliss-reactive ketones (excluding diaryl/α,β-unsaturated/α-hetero) is 1. The van der Waals surface area contributed by atoms with Crippen LogP contribution in [0.3, 0.4) is 0 Å². The van der Waals surface area contributed by atoms with Gasteiger partial charge in [-0.1, -0.05) is 12.1 Å². The number of carbonyl (C=O) groups excluding carboxylic acids is 1. The van der Waals surface area contributed by atoms with Gasteiger partial charge in [-0.15, -0.1) is 11.3 Å². The average Bonchev–Trinajstić information content (AvgIpc) is 3.06. The monoisotopic (exact) mass is 291 g/mol. The molecule has 0 atom stereocenters. The molecule has 20 heavy (non-hydrogen) atoms. The van der Waals surface area contributed by atoms with Crippen molar-refractivity contribution in [3.8, 4) is 6.07 Å². The molecule has 0 unspecified atom stereocenters. The van der Waals surface area contributed by atoms with Gasteiger partial charge in [-0.25, -0.2) is 0 Å². The van der Waals surface area contributed by atoms with Crippen LogP contribution in [0.4, 0.5) is 10.7 Å². The Labute approximate surface area is 119 Å². The fraction of sp³-hybridized carbons (Fsp3) is 0.333. The molecule has 104 valence electrons. The van der Waals surface area contributed by atoms with Crippen molar-refractivity contribution in [3.05, 3.63) is 22.7 Å². The molecule has 2 rings (SSSR count). The van der Waals surface area contributed by atoms with E-state index in [0.29, 0.717) is 40.7 Å². The topological polar surface area (TPSA) is 118 Å². The molecule has 2 aromatic heterocycles. The molecule has 7 nitrogen and oxygen atoms in total. The van der Waals surface area contributed by atoms with E-state index in [1.165, 1.54) is 17.7 Å². The molecule has 0 amide bonds. The first-order chi connectivity index (χ1) is 9.67. The number of anilines is 2. The van der Waals surface area contributed by atoms with Crippen molar-refractivity contribution in [1.82, 2.24) is 10.1 Å². The van der Waals surface area contributed by atoms with Crippen LogP contribution in [0.25, 0.3) is 0 Å². The predicted octanol–water partition coefficient (Wildman–Crippen LogP) is 1.83. The van der Waals surface area contributed by atoms with Crippen LogP contribution in [0.1, 0.15) is 34.5 Å². The summed E-state index contributed by atoms with van der Waals surface area (Å²) in [7, 11) is 0. The molecule has 0 aliphatic heterocycles. The maximum Gasteiger partial charge on any atom is 0.228 e. The van der Waals surface area contributed by atoms with E-state index in [-0.39, 0.29) is 11.5 Å². The molecule has 0 fully saturated rings. The molecule has 8 heteroatoms. The van der Waals surface area contributed by atoms with Gasteiger partial charge < -0.3 is 15.6 Å². The second kappa shape index (κ2) is 6.16. The SMILES string of the molecule is CCC(=O)c1sc(NCCc2ncno2)c(C#N)c1N. The maximum absolute atomic E-state index is 11.7. The van der Waals surface area contributed by atoms with Gasteiger partial charge in [-0.3, -0.25) is 4.79 Å². The molecule has 0 radical (unpaired) electrons. The summed E-state index contributed by atoms with van der Waals surface area (Å²) in [4.78, 5) is 16.1. The molecule has 0 bridgehead atoms. The van der Waals surface area contributed by atoms with E-state index in [2.05, 4.69) is 15.5 Å². The van der Waals surface area contributed by atoms with Gasteiger partial charge in [-0.2, -0.15) is 10.2 Å². The Bertz CT molecular complexity index is 642. The normalized spacial score (nSPS) is 10.2. The van der Waals surface area contributed by atoms with Crippen LogP contribution in [0.15, 0.2) is 10.9 Å². The van der Waals surface area contributed by atoms with Crippen LogP contribution < -0.4 is 11.1 Å². The zero-order valence-corrected chi connectivity index (χ0v) is 11.7. The summed E-state index contributed by atoms with van der Waals surface area (Å²) in [6.45, 7) is 2.27.